The van der Waals surface area contributed by atoms with E-state index >= 15 is 0 Å². The van der Waals surface area contributed by atoms with Crippen LogP contribution in [0.4, 0.5) is 0 Å². The maximum atomic E-state index is 2.49. The van der Waals surface area contributed by atoms with E-state index in [0.29, 0.717) is 0 Å². The van der Waals surface area contributed by atoms with Crippen LogP contribution >= 0.6 is 14.5 Å². The van der Waals surface area contributed by atoms with Crippen molar-refractivity contribution in [3.8, 4) is 0 Å². The van der Waals surface area contributed by atoms with Crippen LogP contribution in [0.15, 0.2) is 0 Å². The Morgan fingerprint density at radius 2 is 0.405 bits per heavy atom. The number of hydrogen-bond acceptors (Lipinski definition) is 0. The fourth-order valence-corrected chi connectivity index (χ4v) is 15.6. The van der Waals surface area contributed by atoms with Gasteiger partial charge in [-0.1, -0.05) is 0 Å². The normalized spacial score (nSPS) is 12.8. The van der Waals surface area contributed by atoms with Crippen LogP contribution in [0.25, 0.3) is 0 Å². The largest absolute Gasteiger partial charge is 1.00 e. The van der Waals surface area contributed by atoms with E-state index in [1.54, 1.807) is 24.6 Å². The molecule has 0 radical (unpaired) electrons. The van der Waals surface area contributed by atoms with E-state index in [2.05, 4.69) is 55.4 Å². The van der Waals surface area contributed by atoms with Gasteiger partial charge in [-0.3, -0.25) is 0 Å². The molecule has 0 aliphatic carbocycles. The van der Waals surface area contributed by atoms with Crippen molar-refractivity contribution in [2.45, 2.75) is 209 Å². The third kappa shape index (κ3) is 27.2. The number of rotatable bonds is 32. The second-order valence-electron chi connectivity index (χ2n) is 14.5. The Kier molecular flexibility index (Phi) is 37.2. The molecule has 0 bridgehead atoms. The molecule has 0 spiro atoms. The zero-order valence-electron chi connectivity index (χ0n) is 32.6. The second kappa shape index (κ2) is 34.7. The first-order valence-electron chi connectivity index (χ1n) is 20.5. The van der Waals surface area contributed by atoms with Gasteiger partial charge in [0.1, 0.15) is 0 Å². The quantitative estimate of drug-likeness (QED) is 0.0511. The second-order valence-corrected chi connectivity index (χ2v) is 25.3. The molecule has 0 amide bonds. The van der Waals surface area contributed by atoms with Gasteiger partial charge in [-0.25, -0.2) is 0 Å². The third-order valence-electron chi connectivity index (χ3n) is 11.2. The van der Waals surface area contributed by atoms with E-state index in [-0.39, 0.29) is 1.43 Å². The Hall–Kier alpha value is 0.860. The Labute approximate surface area is 274 Å². The average molecular weight is 634 g/mol. The van der Waals surface area contributed by atoms with Gasteiger partial charge < -0.3 is 0 Å². The molecular formula is C40H91P2+. The Morgan fingerprint density at radius 3 is 0.571 bits per heavy atom. The van der Waals surface area contributed by atoms with Crippen molar-refractivity contribution < 1.29 is 1.43 Å². The topological polar surface area (TPSA) is 0 Å². The van der Waals surface area contributed by atoms with Crippen LogP contribution in [0.2, 0.25) is 0 Å². The minimum absolute atomic E-state index is 0. The van der Waals surface area contributed by atoms with Crippen molar-refractivity contribution in [1.29, 1.82) is 0 Å². The predicted octanol–water partition coefficient (Wildman–Crippen LogP) is 15.1. The molecule has 0 aromatic heterocycles. The fraction of sp³-hybridized carbons (Fsp3) is 1.00. The van der Waals surface area contributed by atoms with E-state index in [1.807, 2.05) is 0 Å². The molecule has 2 heteroatoms. The molecule has 42 heavy (non-hydrogen) atoms. The molecule has 0 aromatic rings. The molecule has 0 unspecified atom stereocenters. The summed E-state index contributed by atoms with van der Waals surface area (Å²) in [5, 5.41) is 0. The van der Waals surface area contributed by atoms with Crippen molar-refractivity contribution in [2.75, 3.05) is 49.3 Å². The Morgan fingerprint density at radius 1 is 0.238 bits per heavy atom. The van der Waals surface area contributed by atoms with Crippen LogP contribution in [0.1, 0.15) is 211 Å². The molecule has 0 fully saturated rings. The summed E-state index contributed by atoms with van der Waals surface area (Å²) in [4.78, 5) is 0. The zero-order chi connectivity index (χ0) is 31.6. The standard InChI is InChI=1S/2C20H45P/c2*1-5-9-11-13-15-17-19-21(7-3,8-4)20-18-16-14-12-10-6-2/h2*21H,5-20H2,1-4H3/p+1. The summed E-state index contributed by atoms with van der Waals surface area (Å²) >= 11 is 0. The average Bonchev–Trinajstić information content (AvgIpc) is 3.02. The van der Waals surface area contributed by atoms with Crippen molar-refractivity contribution in [1.82, 2.24) is 0 Å². The molecule has 0 saturated carbocycles. The number of unbranched alkanes of at least 4 members (excludes halogenated alkanes) is 20. The van der Waals surface area contributed by atoms with Crippen molar-refractivity contribution in [3.63, 3.8) is 0 Å². The number of hydrogen-bond donors (Lipinski definition) is 0. The van der Waals surface area contributed by atoms with Crippen molar-refractivity contribution >= 4 is 14.5 Å². The van der Waals surface area contributed by atoms with Crippen LogP contribution < -0.4 is 0 Å². The summed E-state index contributed by atoms with van der Waals surface area (Å²) in [6.07, 6.45) is 47.9. The van der Waals surface area contributed by atoms with Gasteiger partial charge in [-0.05, 0) is 0 Å². The first-order chi connectivity index (χ1) is 20.5. The molecule has 0 heterocycles. The van der Waals surface area contributed by atoms with Crippen LogP contribution in [-0.2, 0) is 0 Å². The van der Waals surface area contributed by atoms with Gasteiger partial charge in [-0.2, -0.15) is 0 Å². The SMILES string of the molecule is CCCCCCCC[PH](CC)(CC)CCCCCCCC.CCCCCCCC[PH](CC)(CC)CCCCCCCC.[H+]. The van der Waals surface area contributed by atoms with Crippen LogP contribution in [0, 0.1) is 0 Å². The first kappa shape index (κ1) is 45.0. The maximum absolute atomic E-state index is 2.49. The van der Waals surface area contributed by atoms with Crippen molar-refractivity contribution in [2.24, 2.45) is 0 Å². The van der Waals surface area contributed by atoms with E-state index < -0.39 is 14.5 Å². The van der Waals surface area contributed by atoms with Gasteiger partial charge >= 0.3 is 275 Å². The summed E-state index contributed by atoms with van der Waals surface area (Å²) in [6, 6.07) is 0. The zero-order valence-corrected chi connectivity index (χ0v) is 33.6. The molecule has 0 aliphatic rings. The molecule has 0 saturated heterocycles. The maximum Gasteiger partial charge on any atom is 1.00 e. The molecule has 0 nitrogen and oxygen atoms in total. The minimum atomic E-state index is -0.880. The predicted molar refractivity (Wildman–Crippen MR) is 213 cm³/mol. The molecule has 0 N–H and O–H groups in total. The summed E-state index contributed by atoms with van der Waals surface area (Å²) < 4.78 is 0. The molecule has 0 rings (SSSR count). The van der Waals surface area contributed by atoms with Gasteiger partial charge in [0, 0.05) is 0 Å². The van der Waals surface area contributed by atoms with E-state index in [1.165, 1.54) is 179 Å². The minimum Gasteiger partial charge on any atom is 1.00 e. The van der Waals surface area contributed by atoms with Gasteiger partial charge in [0.2, 0.25) is 0 Å². The van der Waals surface area contributed by atoms with Gasteiger partial charge in [0.05, 0.1) is 0 Å². The molecule has 0 atom stereocenters. The summed E-state index contributed by atoms with van der Waals surface area (Å²) in [5.41, 5.74) is 0. The van der Waals surface area contributed by atoms with Crippen LogP contribution in [0.5, 0.6) is 0 Å². The van der Waals surface area contributed by atoms with E-state index in [9.17, 15) is 0 Å². The Balaban J connectivity index is -0.000000727. The molecule has 0 aromatic carbocycles. The Bertz CT molecular complexity index is 407. The molecular weight excluding hydrogens is 542 g/mol. The molecule has 0 aliphatic heterocycles. The van der Waals surface area contributed by atoms with E-state index in [0.717, 1.165) is 0 Å². The summed E-state index contributed by atoms with van der Waals surface area (Å²) in [7, 11) is -1.76. The summed E-state index contributed by atoms with van der Waals surface area (Å²) in [6.45, 7) is 19.2. The van der Waals surface area contributed by atoms with Crippen LogP contribution in [0.3, 0.4) is 0 Å². The van der Waals surface area contributed by atoms with Gasteiger partial charge in [0.15, 0.2) is 0 Å². The van der Waals surface area contributed by atoms with Crippen LogP contribution in [-0.4, -0.2) is 49.3 Å². The van der Waals surface area contributed by atoms with Gasteiger partial charge in [0.25, 0.3) is 0 Å². The molecule has 260 valence electrons. The fourth-order valence-electron chi connectivity index (χ4n) is 7.29. The first-order valence-corrected chi connectivity index (χ1v) is 26.1. The van der Waals surface area contributed by atoms with Crippen molar-refractivity contribution in [3.05, 3.63) is 0 Å². The third-order valence-corrected chi connectivity index (χ3v) is 22.9. The monoisotopic (exact) mass is 634 g/mol. The van der Waals surface area contributed by atoms with Gasteiger partial charge in [-0.15, -0.1) is 0 Å². The van der Waals surface area contributed by atoms with E-state index in [4.69, 9.17) is 0 Å². The summed E-state index contributed by atoms with van der Waals surface area (Å²) in [5.74, 6) is 0. The smallest absolute Gasteiger partial charge is 1.00 e.